The van der Waals surface area contributed by atoms with E-state index in [0.29, 0.717) is 16.7 Å². The second kappa shape index (κ2) is 7.21. The van der Waals surface area contributed by atoms with E-state index < -0.39 is 16.1 Å². The van der Waals surface area contributed by atoms with Gasteiger partial charge in [0.15, 0.2) is 0 Å². The molecule has 1 saturated heterocycles. The predicted molar refractivity (Wildman–Crippen MR) is 95.8 cm³/mol. The maximum absolute atomic E-state index is 12.5. The number of imide groups is 1. The summed E-state index contributed by atoms with van der Waals surface area (Å²) in [4.78, 5) is 36.5. The molecule has 0 atom stereocenters. The zero-order chi connectivity index (χ0) is 18.7. The van der Waals surface area contributed by atoms with E-state index in [-0.39, 0.29) is 17.1 Å². The predicted octanol–water partition coefficient (Wildman–Crippen LogP) is 3.70. The van der Waals surface area contributed by atoms with Gasteiger partial charge in [-0.3, -0.25) is 24.6 Å². The van der Waals surface area contributed by atoms with Gasteiger partial charge in [0.2, 0.25) is 0 Å². The van der Waals surface area contributed by atoms with Crippen molar-refractivity contribution in [2.75, 3.05) is 0 Å². The van der Waals surface area contributed by atoms with E-state index in [2.05, 4.69) is 0 Å². The van der Waals surface area contributed by atoms with Crippen molar-refractivity contribution in [2.45, 2.75) is 6.54 Å². The van der Waals surface area contributed by atoms with Gasteiger partial charge >= 0.3 is 0 Å². The Labute approximate surface area is 152 Å². The van der Waals surface area contributed by atoms with Crippen molar-refractivity contribution in [3.05, 3.63) is 80.2 Å². The van der Waals surface area contributed by atoms with E-state index in [9.17, 15) is 19.7 Å². The quantitative estimate of drug-likeness (QED) is 0.465. The van der Waals surface area contributed by atoms with Crippen LogP contribution < -0.4 is 0 Å². The molecule has 1 heterocycles. The summed E-state index contributed by atoms with van der Waals surface area (Å²) in [6.45, 7) is -0.160. The molecule has 2 aromatic carbocycles. The highest BCUT2D eigenvalue weighted by Gasteiger charge is 2.36. The van der Waals surface area contributed by atoms with Crippen LogP contribution in [0.4, 0.5) is 10.5 Å². The molecule has 0 bridgehead atoms. The lowest BCUT2D eigenvalue weighted by Gasteiger charge is -2.12. The van der Waals surface area contributed by atoms with Gasteiger partial charge in [0, 0.05) is 11.6 Å². The van der Waals surface area contributed by atoms with Crippen LogP contribution in [0.2, 0.25) is 0 Å². The van der Waals surface area contributed by atoms with Gasteiger partial charge in [-0.25, -0.2) is 0 Å². The molecule has 2 aromatic rings. The van der Waals surface area contributed by atoms with Gasteiger partial charge < -0.3 is 0 Å². The Morgan fingerprint density at radius 3 is 2.50 bits per heavy atom. The van der Waals surface area contributed by atoms with Crippen LogP contribution in [0.1, 0.15) is 16.7 Å². The van der Waals surface area contributed by atoms with Gasteiger partial charge in [-0.15, -0.1) is 0 Å². The Kier molecular flexibility index (Phi) is 4.82. The van der Waals surface area contributed by atoms with E-state index >= 15 is 0 Å². The fraction of sp³-hybridized carbons (Fsp3) is 0.0556. The maximum Gasteiger partial charge on any atom is 0.293 e. The van der Waals surface area contributed by atoms with Crippen molar-refractivity contribution >= 4 is 34.7 Å². The molecule has 3 rings (SSSR count). The number of rotatable bonds is 4. The number of nitro benzene ring substituents is 1. The first-order chi connectivity index (χ1) is 12.5. The molecule has 0 aliphatic carbocycles. The molecular formula is C18H11N3O4S. The van der Waals surface area contributed by atoms with Crippen LogP contribution in [0, 0.1) is 21.4 Å². The molecule has 1 aliphatic rings. The van der Waals surface area contributed by atoms with E-state index in [1.807, 2.05) is 6.07 Å². The van der Waals surface area contributed by atoms with Gasteiger partial charge in [-0.1, -0.05) is 30.3 Å². The molecular weight excluding hydrogens is 354 g/mol. The average Bonchev–Trinajstić information content (AvgIpc) is 2.90. The normalized spacial score (nSPS) is 15.3. The van der Waals surface area contributed by atoms with Gasteiger partial charge in [0.25, 0.3) is 16.8 Å². The molecule has 1 aliphatic heterocycles. The fourth-order valence-corrected chi connectivity index (χ4v) is 3.27. The zero-order valence-corrected chi connectivity index (χ0v) is 14.1. The number of para-hydroxylation sites is 1. The van der Waals surface area contributed by atoms with Gasteiger partial charge in [0.1, 0.15) is 0 Å². The molecule has 26 heavy (non-hydrogen) atoms. The van der Waals surface area contributed by atoms with Crippen LogP contribution in [0.25, 0.3) is 6.08 Å². The first-order valence-electron chi connectivity index (χ1n) is 7.47. The fourth-order valence-electron chi connectivity index (χ4n) is 2.43. The minimum Gasteiger partial charge on any atom is -0.268 e. The van der Waals surface area contributed by atoms with E-state index in [1.165, 1.54) is 18.2 Å². The van der Waals surface area contributed by atoms with Crippen LogP contribution >= 0.6 is 11.8 Å². The van der Waals surface area contributed by atoms with Gasteiger partial charge in [-0.2, -0.15) is 5.26 Å². The minimum atomic E-state index is -0.541. The summed E-state index contributed by atoms with van der Waals surface area (Å²) in [7, 11) is 0. The number of benzene rings is 2. The summed E-state index contributed by atoms with van der Waals surface area (Å²) in [6, 6.07) is 14.6. The van der Waals surface area contributed by atoms with Crippen molar-refractivity contribution in [2.24, 2.45) is 0 Å². The van der Waals surface area contributed by atoms with Crippen molar-refractivity contribution in [1.82, 2.24) is 4.90 Å². The number of thioether (sulfide) groups is 1. The molecule has 0 unspecified atom stereocenters. The first-order valence-corrected chi connectivity index (χ1v) is 8.29. The van der Waals surface area contributed by atoms with Crippen LogP contribution in [0.3, 0.4) is 0 Å². The number of amides is 2. The van der Waals surface area contributed by atoms with Crippen LogP contribution in [-0.2, 0) is 11.3 Å². The highest BCUT2D eigenvalue weighted by atomic mass is 32.2. The molecule has 128 valence electrons. The third-order valence-electron chi connectivity index (χ3n) is 3.73. The number of hydrogen-bond donors (Lipinski definition) is 0. The Morgan fingerprint density at radius 2 is 1.85 bits per heavy atom. The number of nitro groups is 1. The Hall–Kier alpha value is -3.44. The Morgan fingerprint density at radius 1 is 1.15 bits per heavy atom. The zero-order valence-electron chi connectivity index (χ0n) is 13.3. The third kappa shape index (κ3) is 3.48. The van der Waals surface area contributed by atoms with E-state index in [1.54, 1.807) is 36.4 Å². The lowest BCUT2D eigenvalue weighted by atomic mass is 10.1. The Bertz CT molecular complexity index is 977. The maximum atomic E-state index is 12.5. The molecule has 0 saturated carbocycles. The highest BCUT2D eigenvalue weighted by molar-refractivity contribution is 8.18. The summed E-state index contributed by atoms with van der Waals surface area (Å²) in [5, 5.41) is 19.4. The number of carbonyl (C=O) groups excluding carboxylic acids is 2. The summed E-state index contributed by atoms with van der Waals surface area (Å²) >= 11 is 0.784. The summed E-state index contributed by atoms with van der Waals surface area (Å²) in [6.07, 6.45) is 1.56. The molecule has 0 N–H and O–H groups in total. The number of nitrogens with zero attached hydrogens (tertiary/aromatic N) is 3. The highest BCUT2D eigenvalue weighted by Crippen LogP contribution is 2.34. The molecule has 1 fully saturated rings. The molecule has 2 amide bonds. The number of hydrogen-bond acceptors (Lipinski definition) is 6. The summed E-state index contributed by atoms with van der Waals surface area (Å²) < 4.78 is 0. The van der Waals surface area contributed by atoms with Crippen molar-refractivity contribution < 1.29 is 14.5 Å². The van der Waals surface area contributed by atoms with Crippen LogP contribution in [0.5, 0.6) is 0 Å². The first kappa shape index (κ1) is 17.4. The van der Waals surface area contributed by atoms with Crippen molar-refractivity contribution in [3.63, 3.8) is 0 Å². The second-order valence-electron chi connectivity index (χ2n) is 5.39. The number of carbonyl (C=O) groups is 2. The standard InChI is InChI=1S/C18H11N3O4S/c19-10-13-7-5-12(6-8-13)9-16-17(22)20(18(23)26-16)11-14-3-1-2-4-15(14)21(24)25/h1-9H,11H2/b16-9+. The molecule has 0 aromatic heterocycles. The third-order valence-corrected chi connectivity index (χ3v) is 4.64. The minimum absolute atomic E-state index is 0.136. The SMILES string of the molecule is N#Cc1ccc(/C=C2/SC(=O)N(Cc3ccccc3[N+](=O)[O-])C2=O)cc1. The summed E-state index contributed by atoms with van der Waals surface area (Å²) in [5.41, 5.74) is 1.33. The van der Waals surface area contributed by atoms with Gasteiger partial charge in [0.05, 0.1) is 28.0 Å². The van der Waals surface area contributed by atoms with Gasteiger partial charge in [-0.05, 0) is 35.5 Å². The largest absolute Gasteiger partial charge is 0.293 e. The molecule has 8 heteroatoms. The summed E-state index contributed by atoms with van der Waals surface area (Å²) in [5.74, 6) is -0.498. The topological polar surface area (TPSA) is 104 Å². The van der Waals surface area contributed by atoms with Crippen molar-refractivity contribution in [3.8, 4) is 6.07 Å². The lowest BCUT2D eigenvalue weighted by molar-refractivity contribution is -0.385. The second-order valence-corrected chi connectivity index (χ2v) is 6.38. The van der Waals surface area contributed by atoms with Crippen LogP contribution in [-0.4, -0.2) is 21.0 Å². The van der Waals surface area contributed by atoms with Crippen molar-refractivity contribution in [1.29, 1.82) is 5.26 Å². The smallest absolute Gasteiger partial charge is 0.268 e. The lowest BCUT2D eigenvalue weighted by Crippen LogP contribution is -2.27. The molecule has 7 nitrogen and oxygen atoms in total. The van der Waals surface area contributed by atoms with Crippen LogP contribution in [0.15, 0.2) is 53.4 Å². The van der Waals surface area contributed by atoms with E-state index in [0.717, 1.165) is 16.7 Å². The molecule has 0 spiro atoms. The number of nitriles is 1. The van der Waals surface area contributed by atoms with E-state index in [4.69, 9.17) is 5.26 Å². The Balaban J connectivity index is 1.84. The monoisotopic (exact) mass is 365 g/mol. The average molecular weight is 365 g/mol. The molecule has 0 radical (unpaired) electrons.